The van der Waals surface area contributed by atoms with Crippen LogP contribution in [0.5, 0.6) is 23.0 Å². The minimum Gasteiger partial charge on any atom is -0.508 e. The Labute approximate surface area is 625 Å². The first-order valence-corrected chi connectivity index (χ1v) is 35.0. The second kappa shape index (κ2) is 37.1. The van der Waals surface area contributed by atoms with E-state index in [2.05, 4.69) is 294 Å². The van der Waals surface area contributed by atoms with Crippen molar-refractivity contribution in [2.24, 2.45) is 0 Å². The Kier molecular flexibility index (Phi) is 26.7. The van der Waals surface area contributed by atoms with Crippen molar-refractivity contribution in [2.75, 3.05) is 59.2 Å². The van der Waals surface area contributed by atoms with Gasteiger partial charge in [-0.25, -0.2) is 0 Å². The van der Waals surface area contributed by atoms with Crippen molar-refractivity contribution >= 4 is 93.3 Å². The molecular weight excluding hydrogens is 1320 g/mol. The molecule has 0 aliphatic rings. The number of thiol groups is 1. The van der Waals surface area contributed by atoms with Gasteiger partial charge in [0, 0.05) is 105 Å². The van der Waals surface area contributed by atoms with Crippen LogP contribution in [0.1, 0.15) is 21.3 Å². The number of rotatable bonds is 22. The maximum absolute atomic E-state index is 10.2. The van der Waals surface area contributed by atoms with E-state index in [-0.39, 0.29) is 31.3 Å². The predicted octanol–water partition coefficient (Wildman–Crippen LogP) is 25.7. The molecule has 0 amide bonds. The SMILES string of the molecule is C.CCN(CC)CCS.COc1cccc(N(c2ccccc2)c2ccc(-c3ccc(-c4ccc(N(c5ccccc5)c5cccc(OC)c5)cc4)cc3)cc2)c1.Cl.Oc1cccc(N(c2ccccc2)c2ccc(-c3ccc(-c4ccc(N(c5ccccc5)c5cccc(O)c5)cc4)cc3)cc2)c1. The van der Waals surface area contributed by atoms with Gasteiger partial charge < -0.3 is 44.2 Å². The third kappa shape index (κ3) is 18.8. The van der Waals surface area contributed by atoms with E-state index in [0.29, 0.717) is 0 Å². The quantitative estimate of drug-likeness (QED) is 0.0576. The van der Waals surface area contributed by atoms with Crippen LogP contribution in [0.2, 0.25) is 0 Å². The Morgan fingerprint density at radius 2 is 0.462 bits per heavy atom. The second-order valence-corrected chi connectivity index (χ2v) is 24.7. The molecule has 14 aromatic rings. The molecule has 0 aromatic heterocycles. The summed E-state index contributed by atoms with van der Waals surface area (Å²) in [5.74, 6) is 3.08. The Hall–Kier alpha value is -11.9. The average molecular weight is 1410 g/mol. The summed E-state index contributed by atoms with van der Waals surface area (Å²) in [6.07, 6.45) is 0. The molecule has 0 unspecified atom stereocenters. The lowest BCUT2D eigenvalue weighted by Crippen LogP contribution is -2.24. The second-order valence-electron chi connectivity index (χ2n) is 24.2. The van der Waals surface area contributed by atoms with E-state index in [1.54, 1.807) is 38.5 Å². The van der Waals surface area contributed by atoms with Gasteiger partial charge >= 0.3 is 0 Å². The first kappa shape index (κ1) is 74.8. The summed E-state index contributed by atoms with van der Waals surface area (Å²) in [7, 11) is 3.40. The predicted molar refractivity (Wildman–Crippen MR) is 445 cm³/mol. The average Bonchev–Trinajstić information content (AvgIpc) is 0.816. The zero-order chi connectivity index (χ0) is 70.4. The summed E-state index contributed by atoms with van der Waals surface area (Å²) in [5, 5.41) is 20.3. The van der Waals surface area contributed by atoms with Crippen molar-refractivity contribution in [3.8, 4) is 67.5 Å². The van der Waals surface area contributed by atoms with Crippen LogP contribution in [0.4, 0.5) is 68.2 Å². The van der Waals surface area contributed by atoms with Crippen molar-refractivity contribution in [1.29, 1.82) is 0 Å². The maximum atomic E-state index is 10.2. The molecule has 0 radical (unpaired) electrons. The minimum absolute atomic E-state index is 0. The Balaban J connectivity index is 0.000000199. The van der Waals surface area contributed by atoms with Crippen LogP contribution in [-0.4, -0.2) is 54.7 Å². The van der Waals surface area contributed by atoms with Crippen molar-refractivity contribution in [3.05, 3.63) is 364 Å². The third-order valence-electron chi connectivity index (χ3n) is 17.8. The lowest BCUT2D eigenvalue weighted by Gasteiger charge is -2.26. The number of nitrogens with zero attached hydrogens (tertiary/aromatic N) is 5. The van der Waals surface area contributed by atoms with Crippen LogP contribution < -0.4 is 29.1 Å². The largest absolute Gasteiger partial charge is 0.508 e. The van der Waals surface area contributed by atoms with Gasteiger partial charge in [-0.3, -0.25) is 0 Å². The van der Waals surface area contributed by atoms with E-state index in [4.69, 9.17) is 9.47 Å². The zero-order valence-corrected chi connectivity index (χ0v) is 60.0. The number of phenolic OH excluding ortho intramolecular Hbond substituents is 2. The summed E-state index contributed by atoms with van der Waals surface area (Å²) in [5.41, 5.74) is 21.4. The van der Waals surface area contributed by atoms with Crippen LogP contribution in [0, 0.1) is 0 Å². The first-order chi connectivity index (χ1) is 50.2. The number of para-hydroxylation sites is 4. The number of anilines is 12. The van der Waals surface area contributed by atoms with Crippen LogP contribution in [0.3, 0.4) is 0 Å². The maximum Gasteiger partial charge on any atom is 0.120 e. The summed E-state index contributed by atoms with van der Waals surface area (Å²) in [6.45, 7) is 7.77. The molecule has 11 heteroatoms. The molecular formula is C93H88ClN5O4S. The highest BCUT2D eigenvalue weighted by Gasteiger charge is 2.19. The highest BCUT2D eigenvalue weighted by atomic mass is 35.5. The Bertz CT molecular complexity index is 4580. The summed E-state index contributed by atoms with van der Waals surface area (Å²) >= 11 is 4.13. The summed E-state index contributed by atoms with van der Waals surface area (Å²) in [4.78, 5) is 11.1. The molecule has 522 valence electrons. The zero-order valence-electron chi connectivity index (χ0n) is 58.3. The molecule has 14 aromatic carbocycles. The Morgan fingerprint density at radius 1 is 0.260 bits per heavy atom. The molecule has 2 N–H and O–H groups in total. The van der Waals surface area contributed by atoms with Gasteiger partial charge in [-0.2, -0.15) is 12.6 Å². The van der Waals surface area contributed by atoms with Gasteiger partial charge in [-0.1, -0.05) is 215 Å². The number of halogens is 1. The normalized spacial score (nSPS) is 10.5. The highest BCUT2D eigenvalue weighted by Crippen LogP contribution is 2.42. The van der Waals surface area contributed by atoms with Crippen LogP contribution in [-0.2, 0) is 0 Å². The molecule has 0 heterocycles. The monoisotopic (exact) mass is 1410 g/mol. The number of benzene rings is 14. The van der Waals surface area contributed by atoms with Crippen LogP contribution in [0.15, 0.2) is 364 Å². The smallest absolute Gasteiger partial charge is 0.120 e. The summed E-state index contributed by atoms with van der Waals surface area (Å²) < 4.78 is 11.0. The molecule has 0 atom stereocenters. The standard InChI is InChI=1S/C44H36N2O2.C42H32N2O2.C6H15NS.CH4.ClH/c1-47-43-17-9-15-41(31-43)45(37-11-5-3-6-12-37)39-27-23-35(24-28-39)33-19-21-34(22-20-33)36-25-29-40(30-26-36)46(38-13-7-4-8-14-38)42-16-10-18-44(32-42)48-2;45-41-15-7-13-39(29-41)43(35-9-3-1-4-10-35)37-25-21-33(22-26-37)31-17-19-32(20-18-31)34-23-27-38(28-24-34)44(36-11-5-2-6-12-36)40-14-8-16-42(46)30-40;1-3-7(4-2)5-6-8;;/h3-32H,1-2H3;1-30,45-46H;8H,3-6H2,1-2H3;1H4;1H. The number of hydrogen-bond donors (Lipinski definition) is 3. The van der Waals surface area contributed by atoms with Gasteiger partial charge in [0.05, 0.1) is 14.2 Å². The van der Waals surface area contributed by atoms with Crippen molar-refractivity contribution in [2.45, 2.75) is 21.3 Å². The first-order valence-electron chi connectivity index (χ1n) is 34.4. The van der Waals surface area contributed by atoms with Gasteiger partial charge in [-0.15, -0.1) is 12.4 Å². The number of methoxy groups -OCH3 is 2. The van der Waals surface area contributed by atoms with Crippen molar-refractivity contribution < 1.29 is 19.7 Å². The molecule has 9 nitrogen and oxygen atoms in total. The lowest BCUT2D eigenvalue weighted by atomic mass is 9.99. The van der Waals surface area contributed by atoms with Gasteiger partial charge in [0.2, 0.25) is 0 Å². The highest BCUT2D eigenvalue weighted by molar-refractivity contribution is 7.80. The van der Waals surface area contributed by atoms with E-state index in [1.165, 1.54) is 11.1 Å². The molecule has 0 aliphatic heterocycles. The van der Waals surface area contributed by atoms with Gasteiger partial charge in [0.15, 0.2) is 0 Å². The summed E-state index contributed by atoms with van der Waals surface area (Å²) in [6, 6.07) is 124. The van der Waals surface area contributed by atoms with Crippen molar-refractivity contribution in [3.63, 3.8) is 0 Å². The topological polar surface area (TPSA) is 75.1 Å². The molecule has 0 fully saturated rings. The van der Waals surface area contributed by atoms with Crippen LogP contribution in [0.25, 0.3) is 44.5 Å². The molecule has 0 aliphatic carbocycles. The number of phenols is 2. The lowest BCUT2D eigenvalue weighted by molar-refractivity contribution is 0.324. The van der Waals surface area contributed by atoms with E-state index in [9.17, 15) is 10.2 Å². The Morgan fingerprint density at radius 3 is 0.663 bits per heavy atom. The molecule has 0 spiro atoms. The fourth-order valence-corrected chi connectivity index (χ4v) is 12.7. The van der Waals surface area contributed by atoms with Gasteiger partial charge in [0.1, 0.15) is 23.0 Å². The van der Waals surface area contributed by atoms with Crippen molar-refractivity contribution in [1.82, 2.24) is 4.90 Å². The van der Waals surface area contributed by atoms with E-state index in [0.717, 1.165) is 139 Å². The van der Waals surface area contributed by atoms with E-state index < -0.39 is 0 Å². The van der Waals surface area contributed by atoms with E-state index in [1.807, 2.05) is 97.1 Å². The number of aromatic hydroxyl groups is 2. The third-order valence-corrected chi connectivity index (χ3v) is 18.0. The number of ether oxygens (including phenoxy) is 2. The molecule has 104 heavy (non-hydrogen) atoms. The van der Waals surface area contributed by atoms with Crippen LogP contribution >= 0.6 is 25.0 Å². The van der Waals surface area contributed by atoms with E-state index >= 15 is 0 Å². The fourth-order valence-electron chi connectivity index (χ4n) is 12.5. The van der Waals surface area contributed by atoms with Gasteiger partial charge in [-0.05, 0) is 203 Å². The minimum atomic E-state index is 0. The molecule has 0 saturated heterocycles. The molecule has 0 saturated carbocycles. The number of hydrogen-bond acceptors (Lipinski definition) is 10. The van der Waals surface area contributed by atoms with Gasteiger partial charge in [0.25, 0.3) is 0 Å². The fraction of sp³-hybridized carbons (Fsp3) is 0.0968. The molecule has 0 bridgehead atoms. The molecule has 14 rings (SSSR count).